The summed E-state index contributed by atoms with van der Waals surface area (Å²) in [5.41, 5.74) is 3.01. The van der Waals surface area contributed by atoms with Crippen molar-refractivity contribution in [2.24, 2.45) is 0 Å². The van der Waals surface area contributed by atoms with Crippen LogP contribution in [0, 0.1) is 5.82 Å². The lowest BCUT2D eigenvalue weighted by atomic mass is 10.1. The number of rotatable bonds is 6. The highest BCUT2D eigenvalue weighted by atomic mass is 35.5. The molecule has 2 heterocycles. The number of carbonyl (C=O) groups excluding carboxylic acids is 1. The van der Waals surface area contributed by atoms with Gasteiger partial charge in [0.1, 0.15) is 5.82 Å². The first-order valence-electron chi connectivity index (χ1n) is 10.4. The van der Waals surface area contributed by atoms with Gasteiger partial charge in [-0.2, -0.15) is 0 Å². The van der Waals surface area contributed by atoms with Crippen LogP contribution in [0.3, 0.4) is 0 Å². The molecule has 4 rings (SSSR count). The van der Waals surface area contributed by atoms with Crippen LogP contribution in [0.5, 0.6) is 0 Å². The summed E-state index contributed by atoms with van der Waals surface area (Å²) in [6.07, 6.45) is 3.21. The van der Waals surface area contributed by atoms with Gasteiger partial charge in [-0.3, -0.25) is 9.69 Å². The van der Waals surface area contributed by atoms with Crippen LogP contribution in [0.2, 0.25) is 5.02 Å². The van der Waals surface area contributed by atoms with Gasteiger partial charge in [0.2, 0.25) is 5.91 Å². The first kappa shape index (κ1) is 20.2. The Labute approximate surface area is 176 Å². The van der Waals surface area contributed by atoms with Crippen molar-refractivity contribution < 1.29 is 9.18 Å². The zero-order valence-electron chi connectivity index (χ0n) is 16.6. The summed E-state index contributed by atoms with van der Waals surface area (Å²) in [5.74, 6) is -0.0744. The Hall–Kier alpha value is -2.11. The summed E-state index contributed by atoms with van der Waals surface area (Å²) < 4.78 is 13.3. The summed E-state index contributed by atoms with van der Waals surface area (Å²) in [6, 6.07) is 12.7. The average molecular weight is 416 g/mol. The van der Waals surface area contributed by atoms with Crippen LogP contribution >= 0.6 is 11.6 Å². The number of carbonyl (C=O) groups is 1. The molecule has 1 amide bonds. The number of hydrogen-bond donors (Lipinski definition) is 0. The van der Waals surface area contributed by atoms with Crippen LogP contribution in [0.25, 0.3) is 0 Å². The molecule has 29 heavy (non-hydrogen) atoms. The summed E-state index contributed by atoms with van der Waals surface area (Å²) in [7, 11) is 0. The largest absolute Gasteiger partial charge is 0.369 e. The molecular formula is C23H27ClFN3O. The monoisotopic (exact) mass is 415 g/mol. The Morgan fingerprint density at radius 2 is 1.83 bits per heavy atom. The van der Waals surface area contributed by atoms with Gasteiger partial charge in [-0.05, 0) is 67.8 Å². The van der Waals surface area contributed by atoms with E-state index in [-0.39, 0.29) is 11.7 Å². The first-order chi connectivity index (χ1) is 14.1. The summed E-state index contributed by atoms with van der Waals surface area (Å²) >= 11 is 6.10. The van der Waals surface area contributed by atoms with Crippen molar-refractivity contribution in [1.82, 2.24) is 4.90 Å². The van der Waals surface area contributed by atoms with E-state index in [9.17, 15) is 9.18 Å². The highest BCUT2D eigenvalue weighted by Crippen LogP contribution is 2.29. The Balaban J connectivity index is 1.17. The van der Waals surface area contributed by atoms with Crippen molar-refractivity contribution in [2.45, 2.75) is 25.7 Å². The van der Waals surface area contributed by atoms with Crippen LogP contribution < -0.4 is 9.80 Å². The van der Waals surface area contributed by atoms with Crippen LogP contribution in [-0.2, 0) is 11.2 Å². The third kappa shape index (κ3) is 4.90. The van der Waals surface area contributed by atoms with Crippen LogP contribution in [0.4, 0.5) is 15.8 Å². The van der Waals surface area contributed by atoms with Crippen LogP contribution in [-0.4, -0.2) is 50.1 Å². The molecule has 0 bridgehead atoms. The lowest BCUT2D eigenvalue weighted by Crippen LogP contribution is -2.46. The second kappa shape index (κ2) is 9.14. The van der Waals surface area contributed by atoms with Gasteiger partial charge in [0.25, 0.3) is 0 Å². The van der Waals surface area contributed by atoms with Gasteiger partial charge in [-0.25, -0.2) is 4.39 Å². The van der Waals surface area contributed by atoms with Crippen molar-refractivity contribution in [3.63, 3.8) is 0 Å². The molecule has 0 spiro atoms. The fourth-order valence-electron chi connectivity index (χ4n) is 4.28. The Kier molecular flexibility index (Phi) is 6.36. The molecule has 2 aromatic rings. The van der Waals surface area contributed by atoms with E-state index in [1.165, 1.54) is 11.8 Å². The predicted octanol–water partition coefficient (Wildman–Crippen LogP) is 4.36. The van der Waals surface area contributed by atoms with E-state index in [2.05, 4.69) is 15.9 Å². The number of benzene rings is 2. The van der Waals surface area contributed by atoms with E-state index in [1.54, 1.807) is 12.1 Å². The minimum Gasteiger partial charge on any atom is -0.369 e. The second-order valence-electron chi connectivity index (χ2n) is 7.83. The molecule has 6 heteroatoms. The standard InChI is InChI=1S/C23H27ClFN3O/c24-19-4-3-5-21(17-19)27-14-12-26(13-15-27)10-2-1-6-23(29)28-11-9-18-16-20(25)7-8-22(18)28/h3-5,7-8,16-17H,1-2,6,9-15H2. The van der Waals surface area contributed by atoms with E-state index in [0.717, 1.165) is 68.3 Å². The quantitative estimate of drug-likeness (QED) is 0.656. The summed E-state index contributed by atoms with van der Waals surface area (Å²) in [5, 5.41) is 0.778. The summed E-state index contributed by atoms with van der Waals surface area (Å²) in [6.45, 7) is 5.76. The van der Waals surface area contributed by atoms with E-state index in [4.69, 9.17) is 11.6 Å². The highest BCUT2D eigenvalue weighted by molar-refractivity contribution is 6.30. The molecule has 0 unspecified atom stereocenters. The maximum atomic E-state index is 13.3. The molecule has 0 atom stereocenters. The number of unbranched alkanes of at least 4 members (excludes halogenated alkanes) is 1. The van der Waals surface area contributed by atoms with E-state index in [0.29, 0.717) is 13.0 Å². The Morgan fingerprint density at radius 1 is 1.00 bits per heavy atom. The van der Waals surface area contributed by atoms with E-state index in [1.807, 2.05) is 23.1 Å². The van der Waals surface area contributed by atoms with Crippen molar-refractivity contribution in [2.75, 3.05) is 49.1 Å². The highest BCUT2D eigenvalue weighted by Gasteiger charge is 2.24. The number of amides is 1. The minimum atomic E-state index is -0.228. The van der Waals surface area contributed by atoms with Gasteiger partial charge in [0, 0.05) is 55.5 Å². The zero-order valence-corrected chi connectivity index (χ0v) is 17.4. The number of halogens is 2. The topological polar surface area (TPSA) is 26.8 Å². The lowest BCUT2D eigenvalue weighted by molar-refractivity contribution is -0.118. The number of hydrogen-bond acceptors (Lipinski definition) is 3. The van der Waals surface area contributed by atoms with Crippen LogP contribution in [0.1, 0.15) is 24.8 Å². The zero-order chi connectivity index (χ0) is 20.2. The van der Waals surface area contributed by atoms with Gasteiger partial charge in [-0.1, -0.05) is 17.7 Å². The molecule has 154 valence electrons. The number of nitrogens with zero attached hydrogens (tertiary/aromatic N) is 3. The molecule has 1 saturated heterocycles. The average Bonchev–Trinajstić information content (AvgIpc) is 3.14. The number of piperazine rings is 1. The van der Waals surface area contributed by atoms with Gasteiger partial charge in [-0.15, -0.1) is 0 Å². The van der Waals surface area contributed by atoms with Crippen molar-refractivity contribution in [3.05, 3.63) is 58.9 Å². The fourth-order valence-corrected chi connectivity index (χ4v) is 4.46. The maximum Gasteiger partial charge on any atom is 0.226 e. The molecule has 0 radical (unpaired) electrons. The summed E-state index contributed by atoms with van der Waals surface area (Å²) in [4.78, 5) is 19.2. The smallest absolute Gasteiger partial charge is 0.226 e. The Bertz CT molecular complexity index is 867. The van der Waals surface area contributed by atoms with Gasteiger partial charge in [0.05, 0.1) is 0 Å². The van der Waals surface area contributed by atoms with Crippen molar-refractivity contribution >= 4 is 28.9 Å². The third-order valence-corrected chi connectivity index (χ3v) is 6.13. The normalized spacial score (nSPS) is 16.9. The first-order valence-corrected chi connectivity index (χ1v) is 10.8. The van der Waals surface area contributed by atoms with Crippen LogP contribution in [0.15, 0.2) is 42.5 Å². The lowest BCUT2D eigenvalue weighted by Gasteiger charge is -2.36. The second-order valence-corrected chi connectivity index (χ2v) is 8.27. The molecule has 2 aliphatic rings. The Morgan fingerprint density at radius 3 is 2.62 bits per heavy atom. The third-order valence-electron chi connectivity index (χ3n) is 5.90. The van der Waals surface area contributed by atoms with Gasteiger partial charge < -0.3 is 9.80 Å². The maximum absolute atomic E-state index is 13.3. The molecule has 0 N–H and O–H groups in total. The number of fused-ring (bicyclic) bond motifs is 1. The van der Waals surface area contributed by atoms with E-state index < -0.39 is 0 Å². The molecule has 0 aromatic heterocycles. The SMILES string of the molecule is O=C(CCCCN1CCN(c2cccc(Cl)c2)CC1)N1CCc2cc(F)ccc21. The van der Waals surface area contributed by atoms with Gasteiger partial charge >= 0.3 is 0 Å². The van der Waals surface area contributed by atoms with Crippen molar-refractivity contribution in [1.29, 1.82) is 0 Å². The molecule has 2 aromatic carbocycles. The molecule has 0 saturated carbocycles. The molecule has 2 aliphatic heterocycles. The van der Waals surface area contributed by atoms with Gasteiger partial charge in [0.15, 0.2) is 0 Å². The minimum absolute atomic E-state index is 0.154. The van der Waals surface area contributed by atoms with E-state index >= 15 is 0 Å². The predicted molar refractivity (Wildman–Crippen MR) is 116 cm³/mol. The number of anilines is 2. The molecule has 1 fully saturated rings. The molecular weight excluding hydrogens is 389 g/mol. The fraction of sp³-hybridized carbons (Fsp3) is 0.435. The molecule has 0 aliphatic carbocycles. The molecule has 4 nitrogen and oxygen atoms in total. The van der Waals surface area contributed by atoms with Crippen molar-refractivity contribution in [3.8, 4) is 0 Å².